The van der Waals surface area contributed by atoms with Crippen molar-refractivity contribution in [3.63, 3.8) is 0 Å². The molecule has 61 heavy (non-hydrogen) atoms. The van der Waals surface area contributed by atoms with Crippen molar-refractivity contribution in [3.05, 3.63) is 118 Å². The Morgan fingerprint density at radius 1 is 0.918 bits per heavy atom. The van der Waals surface area contributed by atoms with Crippen LogP contribution in [0.2, 0.25) is 18.6 Å². The molecule has 0 radical (unpaired) electrons. The number of halogens is 1. The van der Waals surface area contributed by atoms with E-state index in [2.05, 4.69) is 46.5 Å². The van der Waals surface area contributed by atoms with Gasteiger partial charge in [-0.15, -0.1) is 0 Å². The molecule has 0 saturated carbocycles. The molecule has 3 aliphatic heterocycles. The molecule has 16 heteroatoms. The molecule has 4 aromatic rings. The van der Waals surface area contributed by atoms with Gasteiger partial charge in [0.2, 0.25) is 5.91 Å². The van der Waals surface area contributed by atoms with Crippen LogP contribution in [-0.4, -0.2) is 113 Å². The number of aliphatic hydroxyl groups is 5. The van der Waals surface area contributed by atoms with Crippen LogP contribution in [0.3, 0.4) is 0 Å². The number of carbonyl (C=O) groups excluding carboxylic acids is 3. The third-order valence-electron chi connectivity index (χ3n) is 12.5. The lowest BCUT2D eigenvalue weighted by atomic mass is 9.82. The second-order valence-electron chi connectivity index (χ2n) is 16.5. The van der Waals surface area contributed by atoms with Gasteiger partial charge in [-0.3, -0.25) is 14.4 Å². The fourth-order valence-electron chi connectivity index (χ4n) is 9.38. The van der Waals surface area contributed by atoms with E-state index in [1.807, 2.05) is 67.6 Å². The Hall–Kier alpha value is -4.49. The highest BCUT2D eigenvalue weighted by Gasteiger charge is 2.66. The summed E-state index contributed by atoms with van der Waals surface area (Å²) in [6, 6.07) is 30.0. The Labute approximate surface area is 363 Å². The van der Waals surface area contributed by atoms with Gasteiger partial charge < -0.3 is 54.9 Å². The fourth-order valence-corrected chi connectivity index (χ4v) is 13.8. The van der Waals surface area contributed by atoms with Crippen molar-refractivity contribution >= 4 is 58.3 Å². The number of hydrogen-bond acceptors (Lipinski definition) is 11. The summed E-state index contributed by atoms with van der Waals surface area (Å²) >= 11 is 3.64. The predicted molar refractivity (Wildman–Crippen MR) is 232 cm³/mol. The molecule has 3 aliphatic rings. The number of nitrogens with zero attached hydrogens (tertiary/aromatic N) is 2. The molecule has 4 aromatic carbocycles. The number of aliphatic hydroxyl groups excluding tert-OH is 5. The lowest BCUT2D eigenvalue weighted by Gasteiger charge is -2.37. The van der Waals surface area contributed by atoms with Crippen LogP contribution >= 0.6 is 15.9 Å². The Morgan fingerprint density at radius 2 is 1.62 bits per heavy atom. The molecular weight excluding hydrogens is 866 g/mol. The van der Waals surface area contributed by atoms with E-state index in [0.29, 0.717) is 29.0 Å². The van der Waals surface area contributed by atoms with Crippen molar-refractivity contribution < 1.29 is 54.1 Å². The molecule has 14 nitrogen and oxygen atoms in total. The summed E-state index contributed by atoms with van der Waals surface area (Å²) in [7, 11) is -0.992. The van der Waals surface area contributed by atoms with Gasteiger partial charge in [0.25, 0.3) is 11.8 Å². The lowest BCUT2D eigenvalue weighted by Crippen LogP contribution is -2.60. The summed E-state index contributed by atoms with van der Waals surface area (Å²) in [6.45, 7) is 6.83. The van der Waals surface area contributed by atoms with Crippen molar-refractivity contribution in [1.29, 1.82) is 0 Å². The van der Waals surface area contributed by atoms with Crippen LogP contribution in [0.25, 0.3) is 0 Å². The van der Waals surface area contributed by atoms with Gasteiger partial charge in [-0.1, -0.05) is 95.7 Å². The Balaban J connectivity index is 1.22. The molecule has 9 atom stereocenters. The average molecular weight is 919 g/mol. The van der Waals surface area contributed by atoms with Crippen LogP contribution in [0.5, 0.6) is 5.75 Å². The third-order valence-corrected chi connectivity index (χ3v) is 17.3. The molecule has 7 rings (SSSR count). The highest BCUT2D eigenvalue weighted by Crippen LogP contribution is 2.60. The van der Waals surface area contributed by atoms with Crippen molar-refractivity contribution in [2.45, 2.75) is 87.5 Å². The number of ether oxygens (including phenoxy) is 3. The van der Waals surface area contributed by atoms with E-state index < -0.39 is 62.3 Å². The maximum Gasteiger partial charge on any atom is 0.264 e. The van der Waals surface area contributed by atoms with Crippen LogP contribution in [0.4, 0.5) is 11.4 Å². The Kier molecular flexibility index (Phi) is 13.2. The van der Waals surface area contributed by atoms with Gasteiger partial charge in [0.05, 0.1) is 46.5 Å². The summed E-state index contributed by atoms with van der Waals surface area (Å²) in [6.07, 6.45) is -9.64. The van der Waals surface area contributed by atoms with Gasteiger partial charge in [-0.25, -0.2) is 0 Å². The number of methoxy groups -OCH3 is 1. The minimum atomic E-state index is -2.61. The minimum Gasteiger partial charge on any atom is -0.497 e. The quantitative estimate of drug-likeness (QED) is 0.108. The second kappa shape index (κ2) is 18.1. The van der Waals surface area contributed by atoms with Gasteiger partial charge in [0, 0.05) is 34.7 Å². The summed E-state index contributed by atoms with van der Waals surface area (Å²) in [4.78, 5) is 46.3. The molecule has 1 spiro atoms. The first-order chi connectivity index (χ1) is 29.1. The number of anilines is 2. The second-order valence-corrected chi connectivity index (χ2v) is 22.1. The number of rotatable bonds is 13. The minimum absolute atomic E-state index is 0.0129. The zero-order chi connectivity index (χ0) is 43.8. The van der Waals surface area contributed by atoms with E-state index in [-0.39, 0.29) is 43.5 Å². The molecule has 0 aromatic heterocycles. The fraction of sp³-hybridized carbons (Fsp3) is 0.400. The number of nitrogens with one attached hydrogen (secondary N) is 1. The number of amides is 3. The smallest absolute Gasteiger partial charge is 0.264 e. The molecule has 6 N–H and O–H groups in total. The van der Waals surface area contributed by atoms with Gasteiger partial charge in [-0.05, 0) is 59.1 Å². The number of benzene rings is 4. The van der Waals surface area contributed by atoms with Gasteiger partial charge in [-0.2, -0.15) is 0 Å². The number of hydrogen-bond donors (Lipinski definition) is 6. The summed E-state index contributed by atoms with van der Waals surface area (Å²) in [5.41, 5.74) is 1.46. The third kappa shape index (κ3) is 8.53. The van der Waals surface area contributed by atoms with Gasteiger partial charge >= 0.3 is 0 Å². The topological polar surface area (TPSA) is 199 Å². The molecule has 3 amide bonds. The summed E-state index contributed by atoms with van der Waals surface area (Å²) < 4.78 is 18.5. The van der Waals surface area contributed by atoms with Gasteiger partial charge in [0.1, 0.15) is 24.1 Å². The number of fused-ring (bicyclic) bond motifs is 2. The van der Waals surface area contributed by atoms with Crippen LogP contribution in [0.1, 0.15) is 30.0 Å². The largest absolute Gasteiger partial charge is 0.497 e. The van der Waals surface area contributed by atoms with Gasteiger partial charge in [0.15, 0.2) is 18.0 Å². The maximum atomic E-state index is 15.4. The van der Waals surface area contributed by atoms with Crippen LogP contribution in [-0.2, 0) is 42.5 Å². The molecule has 2 fully saturated rings. The van der Waals surface area contributed by atoms with Crippen molar-refractivity contribution in [3.8, 4) is 5.75 Å². The van der Waals surface area contributed by atoms with Crippen molar-refractivity contribution in [2.75, 3.05) is 30.5 Å². The molecule has 0 unspecified atom stereocenters. The Bertz CT molecular complexity index is 2230. The highest BCUT2D eigenvalue weighted by molar-refractivity contribution is 9.10. The van der Waals surface area contributed by atoms with Crippen LogP contribution in [0, 0.1) is 5.92 Å². The molecular formula is C45H52BrN3O11Si. The first kappa shape index (κ1) is 44.6. The Morgan fingerprint density at radius 3 is 2.31 bits per heavy atom. The molecule has 3 heterocycles. The van der Waals surface area contributed by atoms with E-state index in [0.717, 1.165) is 21.0 Å². The SMILES string of the molecule is COc1ccc([Si](C)(C)[C@@H]2[C@@H](CC(=O)N(CCO)Cc3ccccc3)O[C@]3(C(=O)N(Cc4cccc(NC(=O)[C@H]5O[C@@H](O)[C@H](O)[C@@H](O)[C@@H]5O)c4)c4ccc(Br)cc43)[C@H]2C)cc1. The highest BCUT2D eigenvalue weighted by atomic mass is 79.9. The van der Waals surface area contributed by atoms with E-state index in [1.54, 1.807) is 41.2 Å². The standard InChI is InChI=1S/C45H52BrN3O11Si/c1-26-41(61(3,4)32-16-14-31(58-2)15-17-32)35(23-36(51)48(19-20-50)24-27-9-6-5-7-10-27)60-45(26)33-22-29(46)13-18-34(33)49(44(45)57)25-28-11-8-12-30(21-28)47-42(55)40-38(53)37(52)39(54)43(56)59-40/h5-18,21-22,26,35,37-41,43,50,52-54,56H,19-20,23-25H2,1-4H3,(H,47,55)/t26-,35+,37-,38-,39+,40-,41-,43+,45+/m0/s1. The monoisotopic (exact) mass is 917 g/mol. The average Bonchev–Trinajstić information content (AvgIpc) is 3.66. The zero-order valence-corrected chi connectivity index (χ0v) is 36.9. The van der Waals surface area contributed by atoms with E-state index in [4.69, 9.17) is 14.2 Å². The number of carbonyl (C=O) groups is 3. The molecule has 2 saturated heterocycles. The summed E-state index contributed by atoms with van der Waals surface area (Å²) in [5, 5.41) is 54.2. The van der Waals surface area contributed by atoms with Crippen molar-refractivity contribution in [2.24, 2.45) is 5.92 Å². The van der Waals surface area contributed by atoms with E-state index in [1.165, 1.54) is 0 Å². The predicted octanol–water partition coefficient (Wildman–Crippen LogP) is 3.37. The van der Waals surface area contributed by atoms with E-state index in [9.17, 15) is 35.1 Å². The molecule has 0 bridgehead atoms. The molecule has 0 aliphatic carbocycles. The first-order valence-corrected chi connectivity index (χ1v) is 24.1. The molecule has 324 valence electrons. The van der Waals surface area contributed by atoms with Crippen LogP contribution < -0.4 is 20.1 Å². The zero-order valence-electron chi connectivity index (χ0n) is 34.3. The summed E-state index contributed by atoms with van der Waals surface area (Å²) in [5.74, 6) is -1.03. The normalized spacial score (nSPS) is 27.2. The van der Waals surface area contributed by atoms with E-state index >= 15 is 4.79 Å². The van der Waals surface area contributed by atoms with Crippen molar-refractivity contribution in [1.82, 2.24) is 4.90 Å². The first-order valence-electron chi connectivity index (χ1n) is 20.2. The maximum absolute atomic E-state index is 15.4. The van der Waals surface area contributed by atoms with Crippen LogP contribution in [0.15, 0.2) is 102 Å². The lowest BCUT2D eigenvalue weighted by molar-refractivity contribution is -0.274.